The first-order valence-corrected chi connectivity index (χ1v) is 15.7. The van der Waals surface area contributed by atoms with Crippen LogP contribution in [0.15, 0.2) is 48.8 Å². The molecule has 1 aromatic carbocycles. The van der Waals surface area contributed by atoms with Crippen LogP contribution >= 0.6 is 0 Å². The highest BCUT2D eigenvalue weighted by molar-refractivity contribution is 5.90. The molecule has 2 saturated heterocycles. The van der Waals surface area contributed by atoms with E-state index in [9.17, 15) is 23.1 Å². The highest BCUT2D eigenvalue weighted by atomic mass is 19.4. The molecule has 2 amide bonds. The van der Waals surface area contributed by atoms with Crippen LogP contribution in [0, 0.1) is 0 Å². The van der Waals surface area contributed by atoms with Gasteiger partial charge in [-0.15, -0.1) is 0 Å². The van der Waals surface area contributed by atoms with Crippen LogP contribution in [-0.2, 0) is 29.6 Å². The number of ether oxygens (including phenoxy) is 2. The molecule has 0 spiro atoms. The minimum Gasteiger partial charge on any atom is -0.455 e. The molecular formula is C33H36F3N7O4. The Kier molecular flexibility index (Phi) is 8.28. The summed E-state index contributed by atoms with van der Waals surface area (Å²) in [6.45, 7) is 5.99. The van der Waals surface area contributed by atoms with E-state index in [0.29, 0.717) is 54.3 Å². The van der Waals surface area contributed by atoms with Gasteiger partial charge in [0.2, 0.25) is 0 Å². The number of H-pyrrole nitrogens is 1. The third-order valence-corrected chi connectivity index (χ3v) is 9.12. The largest absolute Gasteiger partial charge is 0.455 e. The van der Waals surface area contributed by atoms with Gasteiger partial charge in [-0.1, -0.05) is 13.0 Å². The molecule has 3 aromatic heterocycles. The zero-order valence-electron chi connectivity index (χ0n) is 25.9. The van der Waals surface area contributed by atoms with Crippen LogP contribution in [0.5, 0.6) is 11.5 Å². The number of urea groups is 1. The molecule has 4 aromatic rings. The first-order chi connectivity index (χ1) is 22.6. The fourth-order valence-electron chi connectivity index (χ4n) is 6.44. The summed E-state index contributed by atoms with van der Waals surface area (Å²) in [4.78, 5) is 29.2. The number of benzene rings is 1. The number of carbonyl (C=O) groups is 1. The molecule has 0 radical (unpaired) electrons. The molecule has 4 N–H and O–H groups in total. The Bertz CT molecular complexity index is 1790. The fraction of sp³-hybridized carbons (Fsp3) is 0.424. The van der Waals surface area contributed by atoms with Gasteiger partial charge in [0.15, 0.2) is 5.60 Å². The molecule has 0 unspecified atom stereocenters. The third kappa shape index (κ3) is 6.38. The van der Waals surface area contributed by atoms with Crippen LogP contribution in [-0.4, -0.2) is 81.8 Å². The van der Waals surface area contributed by atoms with E-state index < -0.39 is 23.4 Å². The molecule has 1 atom stereocenters. The van der Waals surface area contributed by atoms with Crippen LogP contribution in [0.1, 0.15) is 47.3 Å². The third-order valence-electron chi connectivity index (χ3n) is 9.12. The number of carbonyl (C=O) groups excluding carboxylic acids is 1. The lowest BCUT2D eigenvalue weighted by Gasteiger charge is -2.35. The first kappa shape index (κ1) is 31.4. The number of pyridine rings is 2. The van der Waals surface area contributed by atoms with Gasteiger partial charge in [0.25, 0.3) is 0 Å². The van der Waals surface area contributed by atoms with Crippen molar-refractivity contribution in [2.45, 2.75) is 44.1 Å². The minimum atomic E-state index is -4.56. The summed E-state index contributed by atoms with van der Waals surface area (Å²) in [5.74, 6) is 0.911. The van der Waals surface area contributed by atoms with Gasteiger partial charge in [-0.3, -0.25) is 9.88 Å². The van der Waals surface area contributed by atoms with Crippen LogP contribution in [0.4, 0.5) is 23.7 Å². The fourth-order valence-corrected chi connectivity index (χ4v) is 6.44. The van der Waals surface area contributed by atoms with Crippen molar-refractivity contribution in [3.05, 3.63) is 76.9 Å². The van der Waals surface area contributed by atoms with E-state index in [4.69, 9.17) is 14.5 Å². The maximum absolute atomic E-state index is 14.1. The molecule has 11 nitrogen and oxygen atoms in total. The van der Waals surface area contributed by atoms with E-state index >= 15 is 0 Å². The molecule has 3 aliphatic rings. The van der Waals surface area contributed by atoms with Crippen molar-refractivity contribution in [1.82, 2.24) is 30.1 Å². The highest BCUT2D eigenvalue weighted by Gasteiger charge is 2.40. The lowest BCUT2D eigenvalue weighted by molar-refractivity contribution is -0.186. The second kappa shape index (κ2) is 12.4. The van der Waals surface area contributed by atoms with E-state index in [1.54, 1.807) is 29.4 Å². The highest BCUT2D eigenvalue weighted by Crippen LogP contribution is 2.38. The molecule has 0 bridgehead atoms. The van der Waals surface area contributed by atoms with Crippen molar-refractivity contribution in [2.75, 3.05) is 51.3 Å². The number of aromatic nitrogens is 3. The molecule has 2 fully saturated rings. The summed E-state index contributed by atoms with van der Waals surface area (Å²) in [5, 5.41) is 17.3. The lowest BCUT2D eigenvalue weighted by Crippen LogP contribution is -2.46. The normalized spacial score (nSPS) is 19.7. The quantitative estimate of drug-likeness (QED) is 0.222. The van der Waals surface area contributed by atoms with Crippen molar-refractivity contribution >= 4 is 22.8 Å². The summed E-state index contributed by atoms with van der Waals surface area (Å²) in [6.07, 6.45) is -0.596. The number of piperazine rings is 1. The van der Waals surface area contributed by atoms with Gasteiger partial charge in [-0.2, -0.15) is 13.2 Å². The molecule has 47 heavy (non-hydrogen) atoms. The topological polar surface area (TPSA) is 128 Å². The number of aromatic amines is 1. The SMILES string of the molecule is CC[C@H]1CN(C(=O)Nc2ccc(CN3CCNCC3)c(C(F)(F)F)c2)Cc2cc(Oc3ccnc4[nH]c(C5(O)COC5)cc34)cnc21. The lowest BCUT2D eigenvalue weighted by atomic mass is 9.92. The van der Waals surface area contributed by atoms with Gasteiger partial charge in [0.05, 0.1) is 41.7 Å². The van der Waals surface area contributed by atoms with Gasteiger partial charge in [-0.05, 0) is 47.9 Å². The zero-order chi connectivity index (χ0) is 32.8. The van der Waals surface area contributed by atoms with E-state index in [2.05, 4.69) is 20.6 Å². The van der Waals surface area contributed by atoms with Gasteiger partial charge in [-0.25, -0.2) is 9.78 Å². The Morgan fingerprint density at radius 1 is 1.17 bits per heavy atom. The van der Waals surface area contributed by atoms with Crippen molar-refractivity contribution < 1.29 is 32.5 Å². The van der Waals surface area contributed by atoms with Crippen molar-refractivity contribution in [3.63, 3.8) is 0 Å². The van der Waals surface area contributed by atoms with Crippen LogP contribution in [0.3, 0.4) is 0 Å². The van der Waals surface area contributed by atoms with Gasteiger partial charge in [0.1, 0.15) is 17.1 Å². The van der Waals surface area contributed by atoms with Gasteiger partial charge in [0, 0.05) is 63.6 Å². The number of anilines is 1. The molecular weight excluding hydrogens is 615 g/mol. The molecule has 0 aliphatic carbocycles. The van der Waals surface area contributed by atoms with Crippen LogP contribution in [0.2, 0.25) is 0 Å². The Hall–Kier alpha value is -4.24. The number of nitrogens with one attached hydrogen (secondary N) is 3. The molecule has 3 aliphatic heterocycles. The number of hydrogen-bond donors (Lipinski definition) is 4. The monoisotopic (exact) mass is 651 g/mol. The van der Waals surface area contributed by atoms with Crippen LogP contribution < -0.4 is 15.4 Å². The zero-order valence-corrected chi connectivity index (χ0v) is 25.9. The predicted octanol–water partition coefficient (Wildman–Crippen LogP) is 4.93. The standard InChI is InChI=1S/C33H36F3N7O4/c1-2-20-16-43(31(44)40-23-4-3-21(26(12-23)33(34,35)36)15-42-9-7-37-8-10-42)17-22-11-24(14-39-29(20)22)47-27-5-6-38-30-25(27)13-28(41-30)32(45)18-46-19-32/h3-6,11-14,20,37,45H,2,7-10,15-19H2,1H3,(H,38,41)(H,40,44)/t20-/m0/s1. The summed E-state index contributed by atoms with van der Waals surface area (Å²) in [7, 11) is 0. The number of amides is 2. The first-order valence-electron chi connectivity index (χ1n) is 15.7. The number of alkyl halides is 3. The number of hydrogen-bond acceptors (Lipinski definition) is 8. The van der Waals surface area contributed by atoms with E-state index in [0.717, 1.165) is 30.4 Å². The second-order valence-corrected chi connectivity index (χ2v) is 12.4. The Balaban J connectivity index is 1.09. The molecule has 0 saturated carbocycles. The number of fused-ring (bicyclic) bond motifs is 2. The van der Waals surface area contributed by atoms with Crippen molar-refractivity contribution in [2.24, 2.45) is 0 Å². The van der Waals surface area contributed by atoms with Crippen molar-refractivity contribution in [1.29, 1.82) is 0 Å². The van der Waals surface area contributed by atoms with Crippen LogP contribution in [0.25, 0.3) is 11.0 Å². The number of rotatable bonds is 7. The Labute approximate surface area is 269 Å². The summed E-state index contributed by atoms with van der Waals surface area (Å²) >= 11 is 0. The smallest absolute Gasteiger partial charge is 0.416 e. The minimum absolute atomic E-state index is 0.0593. The van der Waals surface area contributed by atoms with Gasteiger partial charge < -0.3 is 35.1 Å². The second-order valence-electron chi connectivity index (χ2n) is 12.4. The molecule has 248 valence electrons. The Morgan fingerprint density at radius 3 is 2.70 bits per heavy atom. The van der Waals surface area contributed by atoms with Gasteiger partial charge >= 0.3 is 12.2 Å². The van der Waals surface area contributed by atoms with E-state index in [1.807, 2.05) is 17.9 Å². The number of aliphatic hydroxyl groups is 1. The number of halogens is 3. The summed E-state index contributed by atoms with van der Waals surface area (Å²) in [5.41, 5.74) is 1.24. The summed E-state index contributed by atoms with van der Waals surface area (Å²) in [6, 6.07) is 8.88. The summed E-state index contributed by atoms with van der Waals surface area (Å²) < 4.78 is 53.7. The maximum Gasteiger partial charge on any atom is 0.416 e. The number of nitrogens with zero attached hydrogens (tertiary/aromatic N) is 4. The molecule has 7 rings (SSSR count). The van der Waals surface area contributed by atoms with E-state index in [1.165, 1.54) is 12.1 Å². The maximum atomic E-state index is 14.1. The van der Waals surface area contributed by atoms with Crippen molar-refractivity contribution in [3.8, 4) is 11.5 Å². The average molecular weight is 652 g/mol. The Morgan fingerprint density at radius 2 is 1.98 bits per heavy atom. The molecule has 14 heteroatoms. The average Bonchev–Trinajstić information content (AvgIpc) is 3.49. The van der Waals surface area contributed by atoms with E-state index in [-0.39, 0.29) is 43.5 Å². The molecule has 6 heterocycles. The predicted molar refractivity (Wildman–Crippen MR) is 167 cm³/mol.